The molecule has 0 radical (unpaired) electrons. The molecule has 1 heterocycles. The lowest BCUT2D eigenvalue weighted by atomic mass is 10.1. The van der Waals surface area contributed by atoms with Crippen molar-refractivity contribution < 1.29 is 19.4 Å². The molecule has 0 fully saturated rings. The van der Waals surface area contributed by atoms with Crippen molar-refractivity contribution in [3.63, 3.8) is 0 Å². The molecule has 1 N–H and O–H groups in total. The van der Waals surface area contributed by atoms with Crippen LogP contribution in [0.1, 0.15) is 28.0 Å². The Morgan fingerprint density at radius 3 is 3.00 bits per heavy atom. The number of carboxylic acid groups (broad SMARTS) is 1. The van der Waals surface area contributed by atoms with Gasteiger partial charge in [-0.25, -0.2) is 9.79 Å². The van der Waals surface area contributed by atoms with Crippen molar-refractivity contribution in [3.05, 3.63) is 39.8 Å². The molecule has 0 atom stereocenters. The molecule has 0 unspecified atom stereocenters. The maximum atomic E-state index is 10.6. The minimum Gasteiger partial charge on any atom is -0.493 e. The Hall–Kier alpha value is -2.85. The molecular formula is C18H16N2O4S. The minimum atomic E-state index is -1.05. The van der Waals surface area contributed by atoms with Crippen LogP contribution in [0.15, 0.2) is 23.2 Å². The Kier molecular flexibility index (Phi) is 5.00. The van der Waals surface area contributed by atoms with Gasteiger partial charge in [0, 0.05) is 11.1 Å². The lowest BCUT2D eigenvalue weighted by Gasteiger charge is -2.09. The van der Waals surface area contributed by atoms with E-state index in [1.54, 1.807) is 35.8 Å². The summed E-state index contributed by atoms with van der Waals surface area (Å²) in [4.78, 5) is 16.3. The summed E-state index contributed by atoms with van der Waals surface area (Å²) in [5.74, 6) is -0.267. The van der Waals surface area contributed by atoms with Gasteiger partial charge in [0.05, 0.1) is 12.7 Å². The van der Waals surface area contributed by atoms with E-state index < -0.39 is 12.6 Å². The Morgan fingerprint density at radius 2 is 2.28 bits per heavy atom. The smallest absolute Gasteiger partial charge is 0.341 e. The average molecular weight is 356 g/mol. The van der Waals surface area contributed by atoms with E-state index in [0.29, 0.717) is 17.1 Å². The summed E-state index contributed by atoms with van der Waals surface area (Å²) in [6.45, 7) is -0.434. The second kappa shape index (κ2) is 7.36. The number of hydrogen-bond acceptors (Lipinski definition) is 6. The van der Waals surface area contributed by atoms with Gasteiger partial charge < -0.3 is 14.6 Å². The van der Waals surface area contributed by atoms with Crippen LogP contribution in [-0.2, 0) is 17.6 Å². The van der Waals surface area contributed by atoms with Gasteiger partial charge in [-0.15, -0.1) is 11.3 Å². The first-order chi connectivity index (χ1) is 12.1. The van der Waals surface area contributed by atoms with Crippen molar-refractivity contribution in [2.45, 2.75) is 19.3 Å². The molecule has 1 aliphatic carbocycles. The number of aryl methyl sites for hydroxylation is 1. The molecule has 6 nitrogen and oxygen atoms in total. The molecule has 0 aliphatic heterocycles. The second-order valence-electron chi connectivity index (χ2n) is 5.50. The van der Waals surface area contributed by atoms with Crippen LogP contribution in [0.2, 0.25) is 0 Å². The molecule has 0 bridgehead atoms. The third-order valence-electron chi connectivity index (χ3n) is 3.88. The molecule has 25 heavy (non-hydrogen) atoms. The second-order valence-corrected chi connectivity index (χ2v) is 6.58. The first-order valence-corrected chi connectivity index (χ1v) is 8.55. The van der Waals surface area contributed by atoms with E-state index in [1.807, 2.05) is 0 Å². The largest absolute Gasteiger partial charge is 0.493 e. The van der Waals surface area contributed by atoms with Crippen LogP contribution in [0.25, 0.3) is 0 Å². The summed E-state index contributed by atoms with van der Waals surface area (Å²) < 4.78 is 10.4. The minimum absolute atomic E-state index is 0.356. The van der Waals surface area contributed by atoms with Gasteiger partial charge in [0.25, 0.3) is 0 Å². The topological polar surface area (TPSA) is 91.9 Å². The van der Waals surface area contributed by atoms with Crippen LogP contribution < -0.4 is 9.47 Å². The van der Waals surface area contributed by atoms with Crippen molar-refractivity contribution in [2.75, 3.05) is 13.7 Å². The molecule has 1 aromatic carbocycles. The van der Waals surface area contributed by atoms with E-state index in [-0.39, 0.29) is 0 Å². The van der Waals surface area contributed by atoms with Gasteiger partial charge in [0.15, 0.2) is 18.1 Å². The SMILES string of the molecule is COc1cc(C=Nc2sc3c(c2C#N)CCC3)ccc1OCC(=O)O. The third kappa shape index (κ3) is 3.64. The highest BCUT2D eigenvalue weighted by Gasteiger charge is 2.21. The standard InChI is InChI=1S/C18H16N2O4S/c1-23-15-7-11(5-6-14(15)24-10-17(21)22)9-20-18-13(8-19)12-3-2-4-16(12)25-18/h5-7,9H,2-4,10H2,1H3,(H,21,22). The Balaban J connectivity index is 1.82. The number of nitrogens with zero attached hydrogens (tertiary/aromatic N) is 2. The Labute approximate surface area is 149 Å². The molecule has 7 heteroatoms. The number of thiophene rings is 1. The van der Waals surface area contributed by atoms with Crippen molar-refractivity contribution in [2.24, 2.45) is 4.99 Å². The lowest BCUT2D eigenvalue weighted by Crippen LogP contribution is -2.10. The number of aliphatic carboxylic acids is 1. The van der Waals surface area contributed by atoms with Crippen LogP contribution in [0.3, 0.4) is 0 Å². The number of ether oxygens (including phenoxy) is 2. The number of carbonyl (C=O) groups is 1. The van der Waals surface area contributed by atoms with Gasteiger partial charge >= 0.3 is 5.97 Å². The zero-order valence-corrected chi connectivity index (χ0v) is 14.4. The maximum absolute atomic E-state index is 10.6. The average Bonchev–Trinajstić information content (AvgIpc) is 3.18. The van der Waals surface area contributed by atoms with Gasteiger partial charge in [-0.1, -0.05) is 0 Å². The van der Waals surface area contributed by atoms with E-state index in [0.717, 1.165) is 35.4 Å². The molecule has 3 rings (SSSR count). The number of methoxy groups -OCH3 is 1. The van der Waals surface area contributed by atoms with Crippen LogP contribution in [0.5, 0.6) is 11.5 Å². The number of hydrogen-bond donors (Lipinski definition) is 1. The van der Waals surface area contributed by atoms with Crippen molar-refractivity contribution in [1.29, 1.82) is 5.26 Å². The molecule has 0 saturated heterocycles. The third-order valence-corrected chi connectivity index (χ3v) is 5.08. The molecule has 0 amide bonds. The highest BCUT2D eigenvalue weighted by atomic mass is 32.1. The summed E-state index contributed by atoms with van der Waals surface area (Å²) in [7, 11) is 1.49. The summed E-state index contributed by atoms with van der Waals surface area (Å²) in [6, 6.07) is 7.39. The molecule has 2 aromatic rings. The highest BCUT2D eigenvalue weighted by Crippen LogP contribution is 2.40. The van der Waals surface area contributed by atoms with Crippen molar-refractivity contribution in [1.82, 2.24) is 0 Å². The zero-order valence-electron chi connectivity index (χ0n) is 13.6. The quantitative estimate of drug-likeness (QED) is 0.802. The van der Waals surface area contributed by atoms with Crippen molar-refractivity contribution >= 4 is 28.5 Å². The summed E-state index contributed by atoms with van der Waals surface area (Å²) in [6.07, 6.45) is 4.75. The van der Waals surface area contributed by atoms with E-state index >= 15 is 0 Å². The molecule has 0 saturated carbocycles. The van der Waals surface area contributed by atoms with Gasteiger partial charge in [-0.2, -0.15) is 5.26 Å². The fourth-order valence-electron chi connectivity index (χ4n) is 2.75. The Morgan fingerprint density at radius 1 is 1.44 bits per heavy atom. The van der Waals surface area contributed by atoms with Crippen LogP contribution >= 0.6 is 11.3 Å². The maximum Gasteiger partial charge on any atom is 0.341 e. The highest BCUT2D eigenvalue weighted by molar-refractivity contribution is 7.16. The fraction of sp³-hybridized carbons (Fsp3) is 0.278. The first-order valence-electron chi connectivity index (χ1n) is 7.73. The lowest BCUT2D eigenvalue weighted by molar-refractivity contribution is -0.139. The number of aliphatic imine (C=N–C) groups is 1. The monoisotopic (exact) mass is 356 g/mol. The van der Waals surface area contributed by atoms with E-state index in [9.17, 15) is 10.1 Å². The molecule has 1 aromatic heterocycles. The predicted octanol–water partition coefficient (Wildman–Crippen LogP) is 3.33. The summed E-state index contributed by atoms with van der Waals surface area (Å²) in [5, 5.41) is 18.8. The van der Waals surface area contributed by atoms with E-state index in [4.69, 9.17) is 14.6 Å². The summed E-state index contributed by atoms with van der Waals surface area (Å²) >= 11 is 1.58. The van der Waals surface area contributed by atoms with Gasteiger partial charge in [-0.3, -0.25) is 0 Å². The summed E-state index contributed by atoms with van der Waals surface area (Å²) in [5.41, 5.74) is 2.61. The van der Waals surface area contributed by atoms with E-state index in [2.05, 4.69) is 11.1 Å². The van der Waals surface area contributed by atoms with Crippen LogP contribution in [-0.4, -0.2) is 31.0 Å². The number of benzene rings is 1. The van der Waals surface area contributed by atoms with Gasteiger partial charge in [0.2, 0.25) is 0 Å². The van der Waals surface area contributed by atoms with Gasteiger partial charge in [0.1, 0.15) is 11.1 Å². The normalized spacial score (nSPS) is 12.8. The fourth-order valence-corrected chi connectivity index (χ4v) is 3.94. The van der Waals surface area contributed by atoms with Crippen LogP contribution in [0, 0.1) is 11.3 Å². The van der Waals surface area contributed by atoms with Crippen LogP contribution in [0.4, 0.5) is 5.00 Å². The number of fused-ring (bicyclic) bond motifs is 1. The molecule has 0 spiro atoms. The number of rotatable bonds is 6. The predicted molar refractivity (Wildman–Crippen MR) is 94.4 cm³/mol. The van der Waals surface area contributed by atoms with E-state index in [1.165, 1.54) is 12.0 Å². The molecule has 1 aliphatic rings. The van der Waals surface area contributed by atoms with Gasteiger partial charge in [-0.05, 0) is 48.6 Å². The number of carboxylic acids is 1. The Bertz CT molecular complexity index is 880. The zero-order chi connectivity index (χ0) is 17.8. The number of nitriles is 1. The molecular weight excluding hydrogens is 340 g/mol. The molecule has 128 valence electrons. The van der Waals surface area contributed by atoms with Crippen molar-refractivity contribution in [3.8, 4) is 17.6 Å². The first kappa shape index (κ1) is 17.0.